The predicted octanol–water partition coefficient (Wildman–Crippen LogP) is 8.99. The molecule has 32 heavy (non-hydrogen) atoms. The molecule has 2 rings (SSSR count). The minimum atomic E-state index is -0.0687. The molecule has 2 amide bonds. The maximum absolute atomic E-state index is 13.0. The van der Waals surface area contributed by atoms with Gasteiger partial charge in [-0.05, 0) is 36.6 Å². The molecule has 0 aliphatic carbocycles. The lowest BCUT2D eigenvalue weighted by atomic mass is 10.1. The molecule has 0 atom stereocenters. The molecular weight excluding hydrogens is 416 g/mol. The summed E-state index contributed by atoms with van der Waals surface area (Å²) in [5, 5.41) is 3.69. The number of hydrogen-bond donors (Lipinski definition) is 1. The maximum atomic E-state index is 13.0. The molecule has 176 valence electrons. The van der Waals surface area contributed by atoms with E-state index in [1.807, 2.05) is 48.2 Å². The van der Waals surface area contributed by atoms with Crippen LogP contribution < -0.4 is 5.32 Å². The van der Waals surface area contributed by atoms with E-state index in [-0.39, 0.29) is 6.03 Å². The van der Waals surface area contributed by atoms with Crippen molar-refractivity contribution in [1.82, 2.24) is 4.90 Å². The van der Waals surface area contributed by atoms with Crippen LogP contribution in [0.4, 0.5) is 10.5 Å². The van der Waals surface area contributed by atoms with Crippen LogP contribution in [0.25, 0.3) is 0 Å². The first-order valence-electron chi connectivity index (χ1n) is 12.5. The Morgan fingerprint density at radius 3 is 2.03 bits per heavy atom. The molecule has 0 saturated carbocycles. The Labute approximate surface area is 200 Å². The molecule has 0 fully saturated rings. The van der Waals surface area contributed by atoms with Gasteiger partial charge in [0.15, 0.2) is 0 Å². The van der Waals surface area contributed by atoms with E-state index in [9.17, 15) is 4.79 Å². The summed E-state index contributed by atoms with van der Waals surface area (Å²) in [6.45, 7) is 5.60. The van der Waals surface area contributed by atoms with Gasteiger partial charge < -0.3 is 10.2 Å². The SMILES string of the molecule is CCCCCCCCCCCCCN(Cc1ccccc1)C(=O)Nc1ccc(C)c(Cl)c1. The molecule has 0 aliphatic heterocycles. The van der Waals surface area contributed by atoms with Crippen molar-refractivity contribution in [3.63, 3.8) is 0 Å². The van der Waals surface area contributed by atoms with E-state index in [0.29, 0.717) is 11.6 Å². The lowest BCUT2D eigenvalue weighted by Crippen LogP contribution is -2.35. The number of amides is 2. The molecular formula is C28H41ClN2O. The number of aryl methyl sites for hydroxylation is 1. The number of benzene rings is 2. The zero-order valence-corrected chi connectivity index (χ0v) is 20.8. The highest BCUT2D eigenvalue weighted by Gasteiger charge is 2.14. The zero-order chi connectivity index (χ0) is 23.0. The first-order chi connectivity index (χ1) is 15.6. The van der Waals surface area contributed by atoms with E-state index >= 15 is 0 Å². The second-order valence-electron chi connectivity index (χ2n) is 8.84. The number of halogens is 1. The van der Waals surface area contributed by atoms with Crippen molar-refractivity contribution in [3.8, 4) is 0 Å². The Balaban J connectivity index is 1.76. The number of nitrogens with zero attached hydrogens (tertiary/aromatic N) is 1. The molecule has 0 unspecified atom stereocenters. The Bertz CT molecular complexity index is 778. The van der Waals surface area contributed by atoms with Crippen molar-refractivity contribution in [1.29, 1.82) is 0 Å². The first-order valence-corrected chi connectivity index (χ1v) is 12.8. The maximum Gasteiger partial charge on any atom is 0.322 e. The van der Waals surface area contributed by atoms with Gasteiger partial charge in [0.2, 0.25) is 0 Å². The summed E-state index contributed by atoms with van der Waals surface area (Å²) < 4.78 is 0. The van der Waals surface area contributed by atoms with Crippen molar-refractivity contribution in [2.45, 2.75) is 91.0 Å². The fraction of sp³-hybridized carbons (Fsp3) is 0.536. The second-order valence-corrected chi connectivity index (χ2v) is 9.24. The highest BCUT2D eigenvalue weighted by molar-refractivity contribution is 6.31. The van der Waals surface area contributed by atoms with Crippen LogP contribution in [0.15, 0.2) is 48.5 Å². The average Bonchev–Trinajstić information content (AvgIpc) is 2.79. The summed E-state index contributed by atoms with van der Waals surface area (Å²) in [6, 6.07) is 15.8. The Morgan fingerprint density at radius 1 is 0.844 bits per heavy atom. The number of urea groups is 1. The van der Waals surface area contributed by atoms with Crippen LogP contribution in [-0.2, 0) is 6.54 Å². The fourth-order valence-electron chi connectivity index (χ4n) is 3.90. The topological polar surface area (TPSA) is 32.3 Å². The summed E-state index contributed by atoms with van der Waals surface area (Å²) in [6.07, 6.45) is 14.3. The third kappa shape index (κ3) is 10.5. The molecule has 2 aromatic carbocycles. The van der Waals surface area contributed by atoms with Crippen LogP contribution in [0.2, 0.25) is 5.02 Å². The number of rotatable bonds is 15. The van der Waals surface area contributed by atoms with Crippen molar-refractivity contribution >= 4 is 23.3 Å². The number of anilines is 1. The molecule has 0 bridgehead atoms. The molecule has 0 aliphatic rings. The largest absolute Gasteiger partial charge is 0.322 e. The molecule has 3 nitrogen and oxygen atoms in total. The van der Waals surface area contributed by atoms with E-state index in [1.54, 1.807) is 0 Å². The Kier molecular flexibility index (Phi) is 12.9. The predicted molar refractivity (Wildman–Crippen MR) is 139 cm³/mol. The molecule has 0 saturated heterocycles. The van der Waals surface area contributed by atoms with Crippen molar-refractivity contribution in [2.75, 3.05) is 11.9 Å². The summed E-state index contributed by atoms with van der Waals surface area (Å²) in [5.74, 6) is 0. The summed E-state index contributed by atoms with van der Waals surface area (Å²) >= 11 is 6.23. The van der Waals surface area contributed by atoms with Gasteiger partial charge in [0.25, 0.3) is 0 Å². The van der Waals surface area contributed by atoms with Crippen molar-refractivity contribution in [2.24, 2.45) is 0 Å². The number of carbonyl (C=O) groups is 1. The van der Waals surface area contributed by atoms with Gasteiger partial charge in [-0.2, -0.15) is 0 Å². The molecule has 4 heteroatoms. The average molecular weight is 457 g/mol. The minimum absolute atomic E-state index is 0.0687. The van der Waals surface area contributed by atoms with Crippen LogP contribution >= 0.6 is 11.6 Å². The number of nitrogens with one attached hydrogen (secondary N) is 1. The highest BCUT2D eigenvalue weighted by Crippen LogP contribution is 2.21. The van der Waals surface area contributed by atoms with Crippen molar-refractivity contribution in [3.05, 3.63) is 64.7 Å². The van der Waals surface area contributed by atoms with Crippen LogP contribution in [0, 0.1) is 6.92 Å². The smallest absolute Gasteiger partial charge is 0.320 e. The molecule has 1 N–H and O–H groups in total. The van der Waals surface area contributed by atoms with Gasteiger partial charge >= 0.3 is 6.03 Å². The molecule has 0 spiro atoms. The third-order valence-corrected chi connectivity index (χ3v) is 6.37. The van der Waals surface area contributed by atoms with Gasteiger partial charge in [0, 0.05) is 23.8 Å². The van der Waals surface area contributed by atoms with E-state index < -0.39 is 0 Å². The van der Waals surface area contributed by atoms with E-state index in [4.69, 9.17) is 11.6 Å². The van der Waals surface area contributed by atoms with Gasteiger partial charge in [-0.15, -0.1) is 0 Å². The van der Waals surface area contributed by atoms with Gasteiger partial charge in [0.05, 0.1) is 0 Å². The van der Waals surface area contributed by atoms with Gasteiger partial charge in [-0.1, -0.05) is 119 Å². The third-order valence-electron chi connectivity index (χ3n) is 5.96. The lowest BCUT2D eigenvalue weighted by Gasteiger charge is -2.23. The van der Waals surface area contributed by atoms with Crippen LogP contribution in [0.3, 0.4) is 0 Å². The summed E-state index contributed by atoms with van der Waals surface area (Å²) in [7, 11) is 0. The number of carbonyl (C=O) groups excluding carboxylic acids is 1. The number of unbranched alkanes of at least 4 members (excludes halogenated alkanes) is 10. The van der Waals surface area contributed by atoms with Crippen LogP contribution in [0.1, 0.15) is 88.7 Å². The quantitative estimate of drug-likeness (QED) is 0.266. The van der Waals surface area contributed by atoms with Gasteiger partial charge in [-0.25, -0.2) is 4.79 Å². The highest BCUT2D eigenvalue weighted by atomic mass is 35.5. The van der Waals surface area contributed by atoms with Gasteiger partial charge in [0.1, 0.15) is 0 Å². The standard InChI is InChI=1S/C28H41ClN2O/c1-3-4-5-6-7-8-9-10-11-12-16-21-31(23-25-17-14-13-15-18-25)28(32)30-26-20-19-24(2)27(29)22-26/h13-15,17-20,22H,3-12,16,21,23H2,1-2H3,(H,30,32). The molecule has 0 aromatic heterocycles. The zero-order valence-electron chi connectivity index (χ0n) is 20.0. The molecule has 0 heterocycles. The Hall–Kier alpha value is -2.00. The fourth-order valence-corrected chi connectivity index (χ4v) is 4.08. The minimum Gasteiger partial charge on any atom is -0.320 e. The summed E-state index contributed by atoms with van der Waals surface area (Å²) in [5.41, 5.74) is 2.89. The van der Waals surface area contributed by atoms with Crippen LogP contribution in [-0.4, -0.2) is 17.5 Å². The van der Waals surface area contributed by atoms with Crippen molar-refractivity contribution < 1.29 is 4.79 Å². The molecule has 2 aromatic rings. The lowest BCUT2D eigenvalue weighted by molar-refractivity contribution is 0.207. The van der Waals surface area contributed by atoms with Crippen LogP contribution in [0.5, 0.6) is 0 Å². The summed E-state index contributed by atoms with van der Waals surface area (Å²) in [4.78, 5) is 14.9. The van der Waals surface area contributed by atoms with Gasteiger partial charge in [-0.3, -0.25) is 0 Å². The second kappa shape index (κ2) is 15.7. The monoisotopic (exact) mass is 456 g/mol. The molecule has 0 radical (unpaired) electrons. The Morgan fingerprint density at radius 2 is 1.44 bits per heavy atom. The normalized spacial score (nSPS) is 10.8. The van der Waals surface area contributed by atoms with E-state index in [1.165, 1.54) is 64.2 Å². The van der Waals surface area contributed by atoms with E-state index in [2.05, 4.69) is 24.4 Å². The first kappa shape index (κ1) is 26.3. The van der Waals surface area contributed by atoms with E-state index in [0.717, 1.165) is 29.8 Å². The number of hydrogen-bond acceptors (Lipinski definition) is 1.